The van der Waals surface area contributed by atoms with Crippen molar-refractivity contribution < 1.29 is 24.1 Å². The molecular formula is C26H33N3O5. The highest BCUT2D eigenvalue weighted by Gasteiger charge is 2.33. The Morgan fingerprint density at radius 2 is 1.97 bits per heavy atom. The van der Waals surface area contributed by atoms with Crippen molar-refractivity contribution in [3.8, 4) is 17.2 Å². The summed E-state index contributed by atoms with van der Waals surface area (Å²) in [5.74, 6) is 2.13. The first kappa shape index (κ1) is 24.1. The molecule has 1 aliphatic rings. The summed E-state index contributed by atoms with van der Waals surface area (Å²) in [7, 11) is 1.64. The van der Waals surface area contributed by atoms with E-state index in [0.29, 0.717) is 44.3 Å². The number of aromatic nitrogens is 2. The van der Waals surface area contributed by atoms with Gasteiger partial charge in [0.2, 0.25) is 0 Å². The summed E-state index contributed by atoms with van der Waals surface area (Å²) >= 11 is 0. The van der Waals surface area contributed by atoms with Crippen LogP contribution in [0.3, 0.4) is 0 Å². The Morgan fingerprint density at radius 1 is 1.12 bits per heavy atom. The van der Waals surface area contributed by atoms with E-state index in [9.17, 15) is 5.11 Å². The van der Waals surface area contributed by atoms with Gasteiger partial charge < -0.3 is 28.6 Å². The molecule has 1 aliphatic heterocycles. The summed E-state index contributed by atoms with van der Waals surface area (Å²) in [4.78, 5) is 6.23. The van der Waals surface area contributed by atoms with Gasteiger partial charge in [-0.25, -0.2) is 4.98 Å². The van der Waals surface area contributed by atoms with E-state index in [1.807, 2.05) is 60.2 Å². The summed E-state index contributed by atoms with van der Waals surface area (Å²) in [6, 6.07) is 13.8. The molecule has 2 aromatic carbocycles. The number of ether oxygens (including phenoxy) is 4. The quantitative estimate of drug-likeness (QED) is 0.491. The Bertz CT molecular complexity index is 1030. The highest BCUT2D eigenvalue weighted by atomic mass is 16.5. The lowest BCUT2D eigenvalue weighted by Crippen LogP contribution is -2.48. The van der Waals surface area contributed by atoms with Crippen LogP contribution in [-0.4, -0.2) is 71.8 Å². The second kappa shape index (κ2) is 11.4. The molecule has 34 heavy (non-hydrogen) atoms. The van der Waals surface area contributed by atoms with Gasteiger partial charge in [-0.2, -0.15) is 0 Å². The molecule has 0 aliphatic carbocycles. The monoisotopic (exact) mass is 467 g/mol. The fourth-order valence-electron chi connectivity index (χ4n) is 3.94. The van der Waals surface area contributed by atoms with E-state index in [4.69, 9.17) is 18.9 Å². The first-order chi connectivity index (χ1) is 16.5. The Labute approximate surface area is 200 Å². The van der Waals surface area contributed by atoms with Crippen LogP contribution in [0.15, 0.2) is 61.2 Å². The van der Waals surface area contributed by atoms with Crippen molar-refractivity contribution in [2.24, 2.45) is 0 Å². The molecule has 1 aromatic heterocycles. The van der Waals surface area contributed by atoms with Gasteiger partial charge in [0.15, 0.2) is 11.5 Å². The predicted octanol–water partition coefficient (Wildman–Crippen LogP) is 2.92. The van der Waals surface area contributed by atoms with E-state index in [-0.39, 0.29) is 13.2 Å². The van der Waals surface area contributed by atoms with E-state index in [2.05, 4.69) is 9.88 Å². The van der Waals surface area contributed by atoms with Gasteiger partial charge >= 0.3 is 0 Å². The number of imidazole rings is 1. The Hall–Kier alpha value is -3.07. The lowest BCUT2D eigenvalue weighted by atomic mass is 10.1. The standard InChI is InChI=1S/C26H33N3O5/c1-21-3-6-23(7-4-21)34-19-26(30)17-29(11-13-32-18-26)16-22-5-8-24(31-2)25(15-22)33-14-12-28-10-9-27-20-28/h3-10,15,20,30H,11-14,16-19H2,1-2H3/t26-/m0/s1. The average molecular weight is 468 g/mol. The molecule has 1 atom stereocenters. The van der Waals surface area contributed by atoms with E-state index < -0.39 is 5.60 Å². The van der Waals surface area contributed by atoms with Crippen LogP contribution < -0.4 is 14.2 Å². The topological polar surface area (TPSA) is 78.2 Å². The van der Waals surface area contributed by atoms with Crippen molar-refractivity contribution >= 4 is 0 Å². The summed E-state index contributed by atoms with van der Waals surface area (Å²) in [6.45, 7) is 6.00. The zero-order valence-corrected chi connectivity index (χ0v) is 19.9. The van der Waals surface area contributed by atoms with Gasteiger partial charge in [0.1, 0.15) is 24.6 Å². The third kappa shape index (κ3) is 6.72. The minimum absolute atomic E-state index is 0.164. The number of benzene rings is 2. The van der Waals surface area contributed by atoms with Crippen molar-refractivity contribution in [3.05, 3.63) is 72.3 Å². The number of rotatable bonds is 10. The maximum Gasteiger partial charge on any atom is 0.161 e. The molecule has 0 amide bonds. The van der Waals surface area contributed by atoms with Crippen LogP contribution in [0.4, 0.5) is 0 Å². The molecule has 8 heteroatoms. The fourth-order valence-corrected chi connectivity index (χ4v) is 3.94. The van der Waals surface area contributed by atoms with E-state index in [1.165, 1.54) is 5.56 Å². The second-order valence-electron chi connectivity index (χ2n) is 8.72. The van der Waals surface area contributed by atoms with Gasteiger partial charge in [-0.1, -0.05) is 23.8 Å². The van der Waals surface area contributed by atoms with Gasteiger partial charge in [-0.15, -0.1) is 0 Å². The molecule has 1 N–H and O–H groups in total. The van der Waals surface area contributed by atoms with Gasteiger partial charge in [0.25, 0.3) is 0 Å². The fraction of sp³-hybridized carbons (Fsp3) is 0.423. The second-order valence-corrected chi connectivity index (χ2v) is 8.72. The van der Waals surface area contributed by atoms with Crippen LogP contribution in [0.2, 0.25) is 0 Å². The lowest BCUT2D eigenvalue weighted by molar-refractivity contribution is -0.0646. The minimum atomic E-state index is -1.10. The molecule has 3 aromatic rings. The molecule has 2 heterocycles. The highest BCUT2D eigenvalue weighted by molar-refractivity contribution is 5.43. The number of hydrogen-bond donors (Lipinski definition) is 1. The normalized spacial score (nSPS) is 18.9. The SMILES string of the molecule is COc1ccc(CN2CCOC[C@](O)(COc3ccc(C)cc3)C2)cc1OCCn1ccnc1. The number of aliphatic hydroxyl groups is 1. The maximum atomic E-state index is 11.2. The summed E-state index contributed by atoms with van der Waals surface area (Å²) in [6.07, 6.45) is 5.42. The third-order valence-corrected chi connectivity index (χ3v) is 5.77. The minimum Gasteiger partial charge on any atom is -0.493 e. The molecule has 0 unspecified atom stereocenters. The third-order valence-electron chi connectivity index (χ3n) is 5.77. The van der Waals surface area contributed by atoms with Crippen LogP contribution in [0.1, 0.15) is 11.1 Å². The highest BCUT2D eigenvalue weighted by Crippen LogP contribution is 2.29. The van der Waals surface area contributed by atoms with Crippen molar-refractivity contribution in [1.82, 2.24) is 14.5 Å². The summed E-state index contributed by atoms with van der Waals surface area (Å²) < 4.78 is 25.0. The van der Waals surface area contributed by atoms with Crippen LogP contribution in [0.5, 0.6) is 17.2 Å². The van der Waals surface area contributed by atoms with Gasteiger partial charge in [0, 0.05) is 32.0 Å². The molecule has 0 bridgehead atoms. The molecule has 0 spiro atoms. The van der Waals surface area contributed by atoms with E-state index >= 15 is 0 Å². The van der Waals surface area contributed by atoms with Crippen molar-refractivity contribution in [2.75, 3.05) is 46.6 Å². The number of β-amino-alcohol motifs (C(OH)–C–C–N with tert-alkyl or cyclic N) is 1. The molecule has 8 nitrogen and oxygen atoms in total. The Kier molecular flexibility index (Phi) is 8.05. The molecule has 0 saturated carbocycles. The molecule has 0 radical (unpaired) electrons. The maximum absolute atomic E-state index is 11.2. The average Bonchev–Trinajstić information content (AvgIpc) is 3.28. The molecule has 1 saturated heterocycles. The molecule has 182 valence electrons. The zero-order chi connectivity index (χ0) is 23.8. The summed E-state index contributed by atoms with van der Waals surface area (Å²) in [5.41, 5.74) is 1.14. The largest absolute Gasteiger partial charge is 0.493 e. The van der Waals surface area contributed by atoms with E-state index in [0.717, 1.165) is 17.9 Å². The predicted molar refractivity (Wildman–Crippen MR) is 128 cm³/mol. The first-order valence-corrected chi connectivity index (χ1v) is 11.5. The van der Waals surface area contributed by atoms with Crippen LogP contribution >= 0.6 is 0 Å². The van der Waals surface area contributed by atoms with E-state index in [1.54, 1.807) is 19.6 Å². The van der Waals surface area contributed by atoms with Crippen molar-refractivity contribution in [2.45, 2.75) is 25.6 Å². The molecule has 4 rings (SSSR count). The molecule has 1 fully saturated rings. The van der Waals surface area contributed by atoms with Crippen molar-refractivity contribution in [3.63, 3.8) is 0 Å². The van der Waals surface area contributed by atoms with Crippen LogP contribution in [-0.2, 0) is 17.8 Å². The van der Waals surface area contributed by atoms with Gasteiger partial charge in [-0.05, 0) is 36.8 Å². The number of hydrogen-bond acceptors (Lipinski definition) is 7. The van der Waals surface area contributed by atoms with Crippen LogP contribution in [0.25, 0.3) is 0 Å². The molecular weight excluding hydrogens is 434 g/mol. The lowest BCUT2D eigenvalue weighted by Gasteiger charge is -2.30. The Balaban J connectivity index is 1.37. The van der Waals surface area contributed by atoms with Crippen molar-refractivity contribution in [1.29, 1.82) is 0 Å². The summed E-state index contributed by atoms with van der Waals surface area (Å²) in [5, 5.41) is 11.2. The van der Waals surface area contributed by atoms with Crippen LogP contribution in [0, 0.1) is 6.92 Å². The number of aryl methyl sites for hydroxylation is 1. The van der Waals surface area contributed by atoms with Gasteiger partial charge in [-0.3, -0.25) is 4.90 Å². The smallest absolute Gasteiger partial charge is 0.161 e. The van der Waals surface area contributed by atoms with Gasteiger partial charge in [0.05, 0.1) is 33.2 Å². The first-order valence-electron chi connectivity index (χ1n) is 11.5. The number of methoxy groups -OCH3 is 1. The number of nitrogens with zero attached hydrogens (tertiary/aromatic N) is 3. The zero-order valence-electron chi connectivity index (χ0n) is 19.9. The Morgan fingerprint density at radius 3 is 2.74 bits per heavy atom.